The van der Waals surface area contributed by atoms with Crippen molar-refractivity contribution in [3.8, 4) is 0 Å². The average Bonchev–Trinajstić information content (AvgIpc) is 2.44. The Balaban J connectivity index is 0.00000441. The van der Waals surface area contributed by atoms with Gasteiger partial charge in [-0.3, -0.25) is 10.2 Å². The maximum absolute atomic E-state index is 12.3. The maximum Gasteiger partial charge on any atom is 0.243 e. The van der Waals surface area contributed by atoms with Crippen LogP contribution in [-0.2, 0) is 4.79 Å². The molecule has 0 radical (unpaired) electrons. The first-order valence-electron chi connectivity index (χ1n) is 6.38. The predicted molar refractivity (Wildman–Crippen MR) is 81.5 cm³/mol. The third kappa shape index (κ3) is 4.06. The van der Waals surface area contributed by atoms with E-state index < -0.39 is 49.5 Å². The van der Waals surface area contributed by atoms with Gasteiger partial charge >= 0.3 is 0 Å². The van der Waals surface area contributed by atoms with Crippen LogP contribution in [0.4, 0.5) is 0 Å². The van der Waals surface area contributed by atoms with Crippen molar-refractivity contribution in [1.82, 2.24) is 9.80 Å². The number of carbonyl (C=O) groups excluding carboxylic acids is 1. The van der Waals surface area contributed by atoms with Gasteiger partial charge in [0.2, 0.25) is 5.91 Å². The summed E-state index contributed by atoms with van der Waals surface area (Å²) in [6, 6.07) is -2.35. The van der Waals surface area contributed by atoms with Gasteiger partial charge in [0.15, 0.2) is 5.96 Å². The first-order valence-corrected chi connectivity index (χ1v) is 6.38. The highest BCUT2D eigenvalue weighted by atomic mass is 79.9. The first kappa shape index (κ1) is 21.0. The molecule has 0 saturated carbocycles. The van der Waals surface area contributed by atoms with Gasteiger partial charge in [-0.15, -0.1) is 17.0 Å². The van der Waals surface area contributed by atoms with Crippen LogP contribution in [0.1, 0.15) is 0 Å². The zero-order valence-electron chi connectivity index (χ0n) is 12.0. The average molecular weight is 387 g/mol. The molecule has 0 bridgehead atoms. The van der Waals surface area contributed by atoms with Gasteiger partial charge in [0, 0.05) is 7.05 Å². The first-order chi connectivity index (χ1) is 9.76. The van der Waals surface area contributed by atoms with Crippen molar-refractivity contribution < 1.29 is 30.3 Å². The third-order valence-corrected chi connectivity index (χ3v) is 3.65. The number of likely N-dealkylation sites (tertiary alicyclic amines) is 1. The lowest BCUT2D eigenvalue weighted by atomic mass is 9.88. The van der Waals surface area contributed by atoms with E-state index >= 15 is 0 Å². The number of nitrogens with zero attached hydrogens (tertiary/aromatic N) is 2. The Hall–Kier alpha value is -0.980. The molecule has 0 aromatic heterocycles. The van der Waals surface area contributed by atoms with E-state index in [-0.39, 0.29) is 29.5 Å². The number of hydrogen-bond acceptors (Lipinski definition) is 7. The van der Waals surface area contributed by atoms with Crippen LogP contribution in [0.25, 0.3) is 0 Å². The van der Waals surface area contributed by atoms with Crippen molar-refractivity contribution in [2.45, 2.75) is 30.4 Å². The molecule has 1 aliphatic rings. The largest absolute Gasteiger partial charge is 0.394 e. The Morgan fingerprint density at radius 1 is 1.14 bits per heavy atom. The number of amides is 1. The van der Waals surface area contributed by atoms with Gasteiger partial charge in [-0.25, -0.2) is 0 Å². The number of nitrogens with one attached hydrogen (secondary N) is 1. The summed E-state index contributed by atoms with van der Waals surface area (Å²) in [7, 11) is 1.40. The Morgan fingerprint density at radius 2 is 1.55 bits per heavy atom. The van der Waals surface area contributed by atoms with E-state index in [4.69, 9.17) is 11.1 Å². The summed E-state index contributed by atoms with van der Waals surface area (Å²) >= 11 is 0. The number of rotatable bonds is 4. The minimum Gasteiger partial charge on any atom is -0.394 e. The Morgan fingerprint density at radius 3 is 1.86 bits per heavy atom. The van der Waals surface area contributed by atoms with E-state index in [1.54, 1.807) is 0 Å². The summed E-state index contributed by atoms with van der Waals surface area (Å²) in [5.74, 6) is -1.02. The quantitative estimate of drug-likeness (QED) is 0.189. The lowest BCUT2D eigenvalue weighted by molar-refractivity contribution is -0.187. The zero-order valence-corrected chi connectivity index (χ0v) is 13.7. The van der Waals surface area contributed by atoms with Crippen molar-refractivity contribution >= 4 is 28.8 Å². The van der Waals surface area contributed by atoms with Gasteiger partial charge in [0.05, 0.1) is 31.8 Å². The summed E-state index contributed by atoms with van der Waals surface area (Å²) in [5.41, 5.74) is 5.23. The molecule has 1 aliphatic heterocycles. The monoisotopic (exact) mass is 386 g/mol. The van der Waals surface area contributed by atoms with E-state index in [0.29, 0.717) is 0 Å². The lowest BCUT2D eigenvalue weighted by Crippen LogP contribution is -2.70. The third-order valence-electron chi connectivity index (χ3n) is 3.65. The van der Waals surface area contributed by atoms with Crippen LogP contribution in [0.5, 0.6) is 0 Å². The highest BCUT2D eigenvalue weighted by Crippen LogP contribution is 2.24. The second-order valence-electron chi connectivity index (χ2n) is 5.01. The summed E-state index contributed by atoms with van der Waals surface area (Å²) in [5, 5.41) is 55.3. The van der Waals surface area contributed by atoms with Gasteiger partial charge in [0.1, 0.15) is 18.3 Å². The zero-order chi connectivity index (χ0) is 16.3. The van der Waals surface area contributed by atoms with E-state index in [9.17, 15) is 30.3 Å². The fourth-order valence-corrected chi connectivity index (χ4v) is 2.36. The van der Waals surface area contributed by atoms with Crippen LogP contribution >= 0.6 is 17.0 Å². The molecule has 1 heterocycles. The SMILES string of the molecule is Br.CN(CC(=O)N1C(CO)C(O)C(O)C(O)C1CO)C(=N)N. The van der Waals surface area contributed by atoms with Crippen molar-refractivity contribution in [3.05, 3.63) is 0 Å². The predicted octanol–water partition coefficient (Wildman–Crippen LogP) is -3.96. The van der Waals surface area contributed by atoms with Gasteiger partial charge in [-0.05, 0) is 0 Å². The highest BCUT2D eigenvalue weighted by Gasteiger charge is 2.49. The number of nitrogens with two attached hydrogens (primary N) is 1. The lowest BCUT2D eigenvalue weighted by Gasteiger charge is -2.48. The Labute approximate surface area is 138 Å². The van der Waals surface area contributed by atoms with Crippen LogP contribution in [0.2, 0.25) is 0 Å². The molecule has 1 saturated heterocycles. The number of likely N-dealkylation sites (N-methyl/N-ethyl adjacent to an activating group) is 1. The minimum atomic E-state index is -1.59. The van der Waals surface area contributed by atoms with Gasteiger partial charge < -0.3 is 41.1 Å². The highest BCUT2D eigenvalue weighted by molar-refractivity contribution is 8.93. The smallest absolute Gasteiger partial charge is 0.243 e. The number of aliphatic hydroxyl groups is 5. The van der Waals surface area contributed by atoms with Gasteiger partial charge in [0.25, 0.3) is 0 Å². The van der Waals surface area contributed by atoms with Crippen LogP contribution in [0.15, 0.2) is 0 Å². The summed E-state index contributed by atoms with van der Waals surface area (Å²) in [4.78, 5) is 14.3. The second-order valence-corrected chi connectivity index (χ2v) is 5.01. The molecule has 130 valence electrons. The molecule has 11 heteroatoms. The fraction of sp³-hybridized carbons (Fsp3) is 0.818. The fourth-order valence-electron chi connectivity index (χ4n) is 2.36. The molecular weight excluding hydrogens is 364 g/mol. The van der Waals surface area contributed by atoms with E-state index in [2.05, 4.69) is 0 Å². The number of piperidine rings is 1. The van der Waals surface area contributed by atoms with Crippen molar-refractivity contribution in [1.29, 1.82) is 5.41 Å². The molecule has 0 aliphatic carbocycles. The van der Waals surface area contributed by atoms with E-state index in [1.807, 2.05) is 0 Å². The topological polar surface area (TPSA) is 175 Å². The second kappa shape index (κ2) is 8.60. The molecular formula is C11H23BrN4O6. The summed E-state index contributed by atoms with van der Waals surface area (Å²) in [6.07, 6.45) is -4.70. The van der Waals surface area contributed by atoms with Gasteiger partial charge in [-0.1, -0.05) is 0 Å². The Kier molecular flexibility index (Phi) is 8.22. The summed E-state index contributed by atoms with van der Waals surface area (Å²) in [6.45, 7) is -1.65. The molecule has 22 heavy (non-hydrogen) atoms. The molecule has 0 spiro atoms. The normalized spacial score (nSPS) is 31.4. The molecule has 4 unspecified atom stereocenters. The number of carbonyl (C=O) groups is 1. The van der Waals surface area contributed by atoms with Gasteiger partial charge in [-0.2, -0.15) is 0 Å². The van der Waals surface area contributed by atoms with Crippen LogP contribution < -0.4 is 5.73 Å². The summed E-state index contributed by atoms with van der Waals surface area (Å²) < 4.78 is 0. The molecule has 10 nitrogen and oxygen atoms in total. The van der Waals surface area contributed by atoms with E-state index in [1.165, 1.54) is 7.05 Å². The van der Waals surface area contributed by atoms with Crippen molar-refractivity contribution in [2.75, 3.05) is 26.8 Å². The number of aliphatic hydroxyl groups excluding tert-OH is 5. The maximum atomic E-state index is 12.3. The van der Waals surface area contributed by atoms with Crippen LogP contribution in [0.3, 0.4) is 0 Å². The molecule has 4 atom stereocenters. The standard InChI is InChI=1S/C11H22N4O6.BrH/c1-14(11(12)13)2-7(18)15-5(3-16)8(19)10(21)9(20)6(15)4-17;/h5-6,8-10,16-17,19-21H,2-4H2,1H3,(H3,12,13);1H. The van der Waals surface area contributed by atoms with Crippen molar-refractivity contribution in [2.24, 2.45) is 5.73 Å². The van der Waals surface area contributed by atoms with E-state index in [0.717, 1.165) is 9.80 Å². The van der Waals surface area contributed by atoms with Crippen molar-refractivity contribution in [3.63, 3.8) is 0 Å². The minimum absolute atomic E-state index is 0. The molecule has 1 fully saturated rings. The van der Waals surface area contributed by atoms with Crippen LogP contribution in [0, 0.1) is 5.41 Å². The molecule has 1 rings (SSSR count). The number of hydrogen-bond donors (Lipinski definition) is 7. The molecule has 0 aromatic rings. The number of guanidine groups is 1. The molecule has 8 N–H and O–H groups in total. The van der Waals surface area contributed by atoms with Crippen LogP contribution in [-0.4, -0.2) is 104 Å². The molecule has 1 amide bonds. The molecule has 0 aromatic carbocycles. The Bertz CT molecular complexity index is 383. The number of halogens is 1.